The number of fused-ring (bicyclic) bond motifs is 2. The van der Waals surface area contributed by atoms with Gasteiger partial charge in [0.25, 0.3) is 0 Å². The zero-order valence-corrected chi connectivity index (χ0v) is 17.2. The second-order valence-electron chi connectivity index (χ2n) is 8.16. The first-order valence-electron chi connectivity index (χ1n) is 10.0. The van der Waals surface area contributed by atoms with Crippen LogP contribution in [0.3, 0.4) is 0 Å². The van der Waals surface area contributed by atoms with Gasteiger partial charge in [0, 0.05) is 23.2 Å². The number of aromatic amines is 1. The number of hydrogen-bond donors (Lipinski definition) is 3. The Bertz CT molecular complexity index is 1330. The highest BCUT2D eigenvalue weighted by atomic mass is 19.1. The first-order valence-corrected chi connectivity index (χ1v) is 10.0. The number of carbonyl (C=O) groups is 1. The molecule has 1 fully saturated rings. The average Bonchev–Trinajstić information content (AvgIpc) is 3.11. The number of carbonyl (C=O) groups excluding carboxylic acids is 1. The number of hydrogen-bond acceptors (Lipinski definition) is 5. The molecule has 3 aromatic heterocycles. The van der Waals surface area contributed by atoms with E-state index in [0.717, 1.165) is 5.39 Å². The van der Waals surface area contributed by atoms with Gasteiger partial charge in [-0.25, -0.2) is 13.8 Å². The second kappa shape index (κ2) is 7.00. The summed E-state index contributed by atoms with van der Waals surface area (Å²) >= 11 is 0. The third-order valence-corrected chi connectivity index (χ3v) is 5.41. The topological polar surface area (TPSA) is 100 Å². The number of imidazole rings is 1. The lowest BCUT2D eigenvalue weighted by atomic mass is 9.99. The SMILES string of the molecule is Cc1c(F)c(NC(C)C)c2[nH]ncc2c1-c1cn2cc(NC(=O)[C@H]3C[C@@H]3F)nc2cn1. The van der Waals surface area contributed by atoms with Gasteiger partial charge in [-0.05, 0) is 32.8 Å². The predicted molar refractivity (Wildman–Crippen MR) is 113 cm³/mol. The highest BCUT2D eigenvalue weighted by Gasteiger charge is 2.43. The molecular weight excluding hydrogens is 404 g/mol. The van der Waals surface area contributed by atoms with Crippen LogP contribution in [0.5, 0.6) is 0 Å². The average molecular weight is 425 g/mol. The summed E-state index contributed by atoms with van der Waals surface area (Å²) in [5, 5.41) is 13.5. The monoisotopic (exact) mass is 425 g/mol. The van der Waals surface area contributed by atoms with E-state index in [9.17, 15) is 9.18 Å². The second-order valence-corrected chi connectivity index (χ2v) is 8.16. The molecule has 0 spiro atoms. The number of halogens is 2. The Hall–Kier alpha value is -3.56. The van der Waals surface area contributed by atoms with Crippen LogP contribution in [0, 0.1) is 18.7 Å². The van der Waals surface area contributed by atoms with Crippen molar-refractivity contribution in [2.75, 3.05) is 10.6 Å². The minimum atomic E-state index is -1.08. The number of nitrogens with one attached hydrogen (secondary N) is 3. The van der Waals surface area contributed by atoms with Crippen LogP contribution in [0.1, 0.15) is 25.8 Å². The minimum Gasteiger partial charge on any atom is -0.379 e. The smallest absolute Gasteiger partial charge is 0.231 e. The summed E-state index contributed by atoms with van der Waals surface area (Å²) in [6.07, 6.45) is 5.71. The van der Waals surface area contributed by atoms with Gasteiger partial charge >= 0.3 is 0 Å². The van der Waals surface area contributed by atoms with Crippen LogP contribution in [-0.2, 0) is 4.79 Å². The molecular formula is C21H21F2N7O. The highest BCUT2D eigenvalue weighted by molar-refractivity contribution is 6.02. The number of benzene rings is 1. The van der Waals surface area contributed by atoms with Gasteiger partial charge in [0.05, 0.1) is 41.4 Å². The lowest BCUT2D eigenvalue weighted by molar-refractivity contribution is -0.117. The number of alkyl halides is 1. The molecule has 1 amide bonds. The number of anilines is 2. The van der Waals surface area contributed by atoms with Crippen molar-refractivity contribution in [2.24, 2.45) is 5.92 Å². The molecule has 0 unspecified atom stereocenters. The van der Waals surface area contributed by atoms with Crippen molar-refractivity contribution < 1.29 is 13.6 Å². The van der Waals surface area contributed by atoms with Gasteiger partial charge in [0.2, 0.25) is 5.91 Å². The fourth-order valence-corrected chi connectivity index (χ4v) is 3.77. The molecule has 5 rings (SSSR count). The zero-order valence-electron chi connectivity index (χ0n) is 17.2. The first kappa shape index (κ1) is 19.4. The fourth-order valence-electron chi connectivity index (χ4n) is 3.77. The van der Waals surface area contributed by atoms with Gasteiger partial charge in [-0.1, -0.05) is 0 Å². The molecule has 0 bridgehead atoms. The fraction of sp³-hybridized carbons (Fsp3) is 0.333. The molecule has 1 aromatic carbocycles. The van der Waals surface area contributed by atoms with E-state index in [4.69, 9.17) is 0 Å². The Morgan fingerprint density at radius 3 is 2.81 bits per heavy atom. The highest BCUT2D eigenvalue weighted by Crippen LogP contribution is 2.38. The molecule has 8 nitrogen and oxygen atoms in total. The summed E-state index contributed by atoms with van der Waals surface area (Å²) in [4.78, 5) is 20.8. The van der Waals surface area contributed by atoms with Crippen LogP contribution in [0.15, 0.2) is 24.8 Å². The Morgan fingerprint density at radius 2 is 2.10 bits per heavy atom. The summed E-state index contributed by atoms with van der Waals surface area (Å²) in [6.45, 7) is 5.58. The summed E-state index contributed by atoms with van der Waals surface area (Å²) in [6, 6.07) is 0.0450. The summed E-state index contributed by atoms with van der Waals surface area (Å²) < 4.78 is 30.1. The molecule has 0 aliphatic heterocycles. The lowest BCUT2D eigenvalue weighted by Crippen LogP contribution is -2.15. The molecule has 2 atom stereocenters. The van der Waals surface area contributed by atoms with Crippen LogP contribution in [-0.4, -0.2) is 42.7 Å². The van der Waals surface area contributed by atoms with Crippen LogP contribution in [0.25, 0.3) is 27.8 Å². The molecule has 160 valence electrons. The van der Waals surface area contributed by atoms with E-state index in [1.807, 2.05) is 13.8 Å². The molecule has 3 N–H and O–H groups in total. The number of H-pyrrole nitrogens is 1. The Labute approximate surface area is 176 Å². The van der Waals surface area contributed by atoms with Crippen molar-refractivity contribution in [3.05, 3.63) is 36.2 Å². The van der Waals surface area contributed by atoms with E-state index in [0.29, 0.717) is 39.5 Å². The molecule has 31 heavy (non-hydrogen) atoms. The van der Waals surface area contributed by atoms with Gasteiger partial charge in [0.1, 0.15) is 6.17 Å². The van der Waals surface area contributed by atoms with Crippen LogP contribution in [0.2, 0.25) is 0 Å². The van der Waals surface area contributed by atoms with Crippen molar-refractivity contribution in [3.8, 4) is 11.3 Å². The van der Waals surface area contributed by atoms with E-state index in [-0.39, 0.29) is 24.2 Å². The van der Waals surface area contributed by atoms with Crippen molar-refractivity contribution in [1.29, 1.82) is 0 Å². The van der Waals surface area contributed by atoms with E-state index >= 15 is 4.39 Å². The number of nitrogens with zero attached hydrogens (tertiary/aromatic N) is 4. The van der Waals surface area contributed by atoms with Crippen LogP contribution in [0.4, 0.5) is 20.3 Å². The quantitative estimate of drug-likeness (QED) is 0.451. The first-order chi connectivity index (χ1) is 14.8. The normalized spacial score (nSPS) is 18.1. The Morgan fingerprint density at radius 1 is 1.32 bits per heavy atom. The van der Waals surface area contributed by atoms with E-state index in [1.165, 1.54) is 0 Å². The molecule has 1 aliphatic rings. The van der Waals surface area contributed by atoms with Gasteiger partial charge in [-0.15, -0.1) is 0 Å². The molecule has 0 radical (unpaired) electrons. The Kier molecular flexibility index (Phi) is 4.38. The summed E-state index contributed by atoms with van der Waals surface area (Å²) in [5.41, 5.74) is 3.05. The maximum Gasteiger partial charge on any atom is 0.231 e. The van der Waals surface area contributed by atoms with Gasteiger partial charge in [0.15, 0.2) is 17.3 Å². The minimum absolute atomic E-state index is 0.0450. The van der Waals surface area contributed by atoms with Crippen molar-refractivity contribution in [1.82, 2.24) is 24.6 Å². The largest absolute Gasteiger partial charge is 0.379 e. The third-order valence-electron chi connectivity index (χ3n) is 5.41. The van der Waals surface area contributed by atoms with E-state index in [1.54, 1.807) is 36.1 Å². The molecule has 0 saturated heterocycles. The van der Waals surface area contributed by atoms with Crippen molar-refractivity contribution in [2.45, 2.75) is 39.4 Å². The third kappa shape index (κ3) is 3.28. The zero-order chi connectivity index (χ0) is 21.9. The number of rotatable bonds is 5. The lowest BCUT2D eigenvalue weighted by Gasteiger charge is -2.16. The van der Waals surface area contributed by atoms with E-state index in [2.05, 4.69) is 30.8 Å². The van der Waals surface area contributed by atoms with Crippen molar-refractivity contribution in [3.63, 3.8) is 0 Å². The maximum atomic E-state index is 15.3. The summed E-state index contributed by atoms with van der Waals surface area (Å²) in [5.74, 6) is -1.03. The summed E-state index contributed by atoms with van der Waals surface area (Å²) in [7, 11) is 0. The number of aromatic nitrogens is 5. The number of amides is 1. The van der Waals surface area contributed by atoms with Gasteiger partial charge in [-0.3, -0.25) is 14.9 Å². The van der Waals surface area contributed by atoms with Crippen LogP contribution >= 0.6 is 0 Å². The molecule has 1 aliphatic carbocycles. The molecule has 3 heterocycles. The van der Waals surface area contributed by atoms with Gasteiger partial charge < -0.3 is 15.0 Å². The molecule has 10 heteroatoms. The van der Waals surface area contributed by atoms with E-state index < -0.39 is 12.1 Å². The Balaban J connectivity index is 1.57. The molecule has 1 saturated carbocycles. The molecule has 4 aromatic rings. The maximum absolute atomic E-state index is 15.3. The van der Waals surface area contributed by atoms with Gasteiger partial charge in [-0.2, -0.15) is 5.10 Å². The van der Waals surface area contributed by atoms with Crippen LogP contribution < -0.4 is 10.6 Å². The predicted octanol–water partition coefficient (Wildman–Crippen LogP) is 3.84. The van der Waals surface area contributed by atoms with Crippen molar-refractivity contribution >= 4 is 34.0 Å². The standard InChI is InChI=1S/C21H21F2N7O/c1-9(2)26-20-18(23)10(3)17(12-5-25-29-19(12)20)14-7-30-8-15(27-16(30)6-24-14)28-21(31)11-4-13(11)22/h5-9,11,13,26H,4H2,1-3H3,(H,25,29)(H,28,31)/t11-,13-/m0/s1.